The number of rotatable bonds is 5. The van der Waals surface area contributed by atoms with Crippen molar-refractivity contribution in [2.75, 3.05) is 13.1 Å². The molecule has 20 heavy (non-hydrogen) atoms. The molecule has 0 aliphatic carbocycles. The molecule has 2 rings (SSSR count). The minimum atomic E-state index is 0.547. The molecule has 0 bridgehead atoms. The largest absolute Gasteiger partial charge is 0.330 e. The van der Waals surface area contributed by atoms with E-state index in [0.29, 0.717) is 18.0 Å². The summed E-state index contributed by atoms with van der Waals surface area (Å²) in [6.45, 7) is 8.87. The molecule has 0 amide bonds. The van der Waals surface area contributed by atoms with Gasteiger partial charge in [-0.2, -0.15) is 0 Å². The SMILES string of the molecule is CCc1ccc(C(CC)N2CC(CN)CCC2C)cc1. The van der Waals surface area contributed by atoms with Crippen LogP contribution in [0.2, 0.25) is 0 Å². The third-order valence-corrected chi connectivity index (χ3v) is 4.92. The summed E-state index contributed by atoms with van der Waals surface area (Å²) in [5.41, 5.74) is 8.80. The molecule has 0 saturated carbocycles. The number of likely N-dealkylation sites (tertiary alicyclic amines) is 1. The van der Waals surface area contributed by atoms with Crippen LogP contribution in [0.3, 0.4) is 0 Å². The van der Waals surface area contributed by atoms with Crippen molar-refractivity contribution in [3.63, 3.8) is 0 Å². The van der Waals surface area contributed by atoms with E-state index in [1.54, 1.807) is 0 Å². The van der Waals surface area contributed by atoms with Gasteiger partial charge < -0.3 is 5.73 Å². The van der Waals surface area contributed by atoms with E-state index < -0.39 is 0 Å². The zero-order chi connectivity index (χ0) is 14.5. The molecule has 0 aromatic heterocycles. The topological polar surface area (TPSA) is 29.3 Å². The first-order valence-corrected chi connectivity index (χ1v) is 8.24. The number of nitrogens with zero attached hydrogens (tertiary/aromatic N) is 1. The first-order valence-electron chi connectivity index (χ1n) is 8.24. The van der Waals surface area contributed by atoms with Crippen LogP contribution in [0.25, 0.3) is 0 Å². The number of hydrogen-bond acceptors (Lipinski definition) is 2. The average Bonchev–Trinajstić information content (AvgIpc) is 2.50. The lowest BCUT2D eigenvalue weighted by Crippen LogP contribution is -2.45. The zero-order valence-electron chi connectivity index (χ0n) is 13.3. The fraction of sp³-hybridized carbons (Fsp3) is 0.667. The Kier molecular flexibility index (Phi) is 5.62. The van der Waals surface area contributed by atoms with Crippen molar-refractivity contribution in [1.29, 1.82) is 0 Å². The molecule has 0 spiro atoms. The Morgan fingerprint density at radius 3 is 2.45 bits per heavy atom. The second-order valence-corrected chi connectivity index (χ2v) is 6.24. The second-order valence-electron chi connectivity index (χ2n) is 6.24. The summed E-state index contributed by atoms with van der Waals surface area (Å²) in [6, 6.07) is 10.4. The molecule has 1 saturated heterocycles. The minimum absolute atomic E-state index is 0.547. The Morgan fingerprint density at radius 1 is 1.20 bits per heavy atom. The molecule has 2 N–H and O–H groups in total. The molecule has 1 aromatic rings. The van der Waals surface area contributed by atoms with E-state index in [1.807, 2.05) is 0 Å². The van der Waals surface area contributed by atoms with Gasteiger partial charge in [-0.3, -0.25) is 4.90 Å². The quantitative estimate of drug-likeness (QED) is 0.886. The molecule has 1 aromatic carbocycles. The summed E-state index contributed by atoms with van der Waals surface area (Å²) in [6.07, 6.45) is 4.87. The highest BCUT2D eigenvalue weighted by Crippen LogP contribution is 2.32. The Labute approximate surface area is 124 Å². The normalized spacial score (nSPS) is 25.6. The van der Waals surface area contributed by atoms with Crippen LogP contribution in [0.1, 0.15) is 57.2 Å². The van der Waals surface area contributed by atoms with E-state index in [0.717, 1.165) is 19.5 Å². The molecular weight excluding hydrogens is 244 g/mol. The van der Waals surface area contributed by atoms with Gasteiger partial charge in [0.1, 0.15) is 0 Å². The molecule has 3 atom stereocenters. The van der Waals surface area contributed by atoms with Crippen molar-refractivity contribution in [3.05, 3.63) is 35.4 Å². The maximum Gasteiger partial charge on any atom is 0.0348 e. The van der Waals surface area contributed by atoms with Crippen molar-refractivity contribution in [2.45, 2.75) is 58.5 Å². The summed E-state index contributed by atoms with van der Waals surface area (Å²) < 4.78 is 0. The predicted molar refractivity (Wildman–Crippen MR) is 86.8 cm³/mol. The molecule has 1 aliphatic heterocycles. The molecule has 2 nitrogen and oxygen atoms in total. The van der Waals surface area contributed by atoms with Crippen LogP contribution in [-0.4, -0.2) is 24.0 Å². The van der Waals surface area contributed by atoms with Crippen LogP contribution >= 0.6 is 0 Å². The van der Waals surface area contributed by atoms with E-state index >= 15 is 0 Å². The predicted octanol–water partition coefficient (Wildman–Crippen LogP) is 3.76. The summed E-state index contributed by atoms with van der Waals surface area (Å²) in [5.74, 6) is 0.676. The van der Waals surface area contributed by atoms with Gasteiger partial charge in [-0.25, -0.2) is 0 Å². The number of piperidine rings is 1. The molecular formula is C18H30N2. The van der Waals surface area contributed by atoms with Crippen LogP contribution in [-0.2, 0) is 6.42 Å². The highest BCUT2D eigenvalue weighted by molar-refractivity contribution is 5.25. The lowest BCUT2D eigenvalue weighted by atomic mass is 9.89. The van der Waals surface area contributed by atoms with Crippen LogP contribution in [0.5, 0.6) is 0 Å². The third kappa shape index (κ3) is 3.42. The molecule has 1 heterocycles. The summed E-state index contributed by atoms with van der Waals surface area (Å²) in [7, 11) is 0. The first kappa shape index (κ1) is 15.5. The standard InChI is InChI=1S/C18H30N2/c1-4-15-8-10-17(11-9-15)18(5-2)20-13-16(12-19)7-6-14(20)3/h8-11,14,16,18H,4-7,12-13,19H2,1-3H3. The van der Waals surface area contributed by atoms with Gasteiger partial charge in [0.25, 0.3) is 0 Å². The van der Waals surface area contributed by atoms with E-state index in [2.05, 4.69) is 49.9 Å². The van der Waals surface area contributed by atoms with Crippen LogP contribution in [0.15, 0.2) is 24.3 Å². The molecule has 0 radical (unpaired) electrons. The number of benzene rings is 1. The van der Waals surface area contributed by atoms with E-state index in [-0.39, 0.29) is 0 Å². The van der Waals surface area contributed by atoms with Gasteiger partial charge in [-0.1, -0.05) is 38.1 Å². The van der Waals surface area contributed by atoms with Crippen molar-refractivity contribution in [1.82, 2.24) is 4.90 Å². The summed E-state index contributed by atoms with van der Waals surface area (Å²) >= 11 is 0. The van der Waals surface area contributed by atoms with Gasteiger partial charge in [0.2, 0.25) is 0 Å². The number of aryl methyl sites for hydroxylation is 1. The minimum Gasteiger partial charge on any atom is -0.330 e. The van der Waals surface area contributed by atoms with Crippen molar-refractivity contribution in [3.8, 4) is 0 Å². The Hall–Kier alpha value is -0.860. The highest BCUT2D eigenvalue weighted by Gasteiger charge is 2.30. The maximum atomic E-state index is 5.90. The maximum absolute atomic E-state index is 5.90. The van der Waals surface area contributed by atoms with E-state index in [9.17, 15) is 0 Å². The van der Waals surface area contributed by atoms with Gasteiger partial charge in [0.05, 0.1) is 0 Å². The fourth-order valence-electron chi connectivity index (χ4n) is 3.48. The zero-order valence-corrected chi connectivity index (χ0v) is 13.3. The molecule has 2 heteroatoms. The Morgan fingerprint density at radius 2 is 1.90 bits per heavy atom. The van der Waals surface area contributed by atoms with Crippen molar-refractivity contribution >= 4 is 0 Å². The van der Waals surface area contributed by atoms with Crippen LogP contribution in [0.4, 0.5) is 0 Å². The fourth-order valence-corrected chi connectivity index (χ4v) is 3.48. The monoisotopic (exact) mass is 274 g/mol. The Bertz CT molecular complexity index is 398. The number of nitrogens with two attached hydrogens (primary N) is 1. The van der Waals surface area contributed by atoms with Crippen LogP contribution in [0, 0.1) is 5.92 Å². The molecule has 1 aliphatic rings. The first-order chi connectivity index (χ1) is 9.69. The highest BCUT2D eigenvalue weighted by atomic mass is 15.2. The average molecular weight is 274 g/mol. The second kappa shape index (κ2) is 7.24. The number of hydrogen-bond donors (Lipinski definition) is 1. The van der Waals surface area contributed by atoms with E-state index in [4.69, 9.17) is 5.73 Å². The van der Waals surface area contributed by atoms with Gasteiger partial charge in [0, 0.05) is 18.6 Å². The van der Waals surface area contributed by atoms with Gasteiger partial charge in [-0.15, -0.1) is 0 Å². The smallest absolute Gasteiger partial charge is 0.0348 e. The molecule has 1 fully saturated rings. The van der Waals surface area contributed by atoms with E-state index in [1.165, 1.54) is 30.4 Å². The molecule has 3 unspecified atom stereocenters. The van der Waals surface area contributed by atoms with Gasteiger partial charge >= 0.3 is 0 Å². The lowest BCUT2D eigenvalue weighted by molar-refractivity contribution is 0.0712. The lowest BCUT2D eigenvalue weighted by Gasteiger charge is -2.42. The van der Waals surface area contributed by atoms with Crippen molar-refractivity contribution in [2.24, 2.45) is 11.7 Å². The van der Waals surface area contributed by atoms with Crippen LogP contribution < -0.4 is 5.73 Å². The summed E-state index contributed by atoms with van der Waals surface area (Å²) in [4.78, 5) is 2.68. The van der Waals surface area contributed by atoms with Gasteiger partial charge in [0.15, 0.2) is 0 Å². The Balaban J connectivity index is 2.16. The molecule has 112 valence electrons. The third-order valence-electron chi connectivity index (χ3n) is 4.92. The van der Waals surface area contributed by atoms with Gasteiger partial charge in [-0.05, 0) is 56.2 Å². The summed E-state index contributed by atoms with van der Waals surface area (Å²) in [5, 5.41) is 0. The van der Waals surface area contributed by atoms with Crippen molar-refractivity contribution < 1.29 is 0 Å².